The van der Waals surface area contributed by atoms with E-state index in [0.717, 1.165) is 5.56 Å². The number of nitrogens with zero attached hydrogens (tertiary/aromatic N) is 1. The summed E-state index contributed by atoms with van der Waals surface area (Å²) in [6, 6.07) is 11.9. The summed E-state index contributed by atoms with van der Waals surface area (Å²) in [5.41, 5.74) is 1.64. The Kier molecular flexibility index (Phi) is 5.92. The van der Waals surface area contributed by atoms with Crippen LogP contribution in [-0.4, -0.2) is 28.9 Å². The van der Waals surface area contributed by atoms with Gasteiger partial charge in [-0.3, -0.25) is 0 Å². The molecule has 2 aromatic carbocycles. The molecule has 0 atom stereocenters. The van der Waals surface area contributed by atoms with Gasteiger partial charge in [0.25, 0.3) is 10.0 Å². The van der Waals surface area contributed by atoms with Crippen LogP contribution in [-0.2, 0) is 15.4 Å². The number of hydrazone groups is 1. The predicted octanol–water partition coefficient (Wildman–Crippen LogP) is 3.31. The Hall–Kier alpha value is -2.54. The van der Waals surface area contributed by atoms with E-state index in [0.29, 0.717) is 17.1 Å². The van der Waals surface area contributed by atoms with Crippen LogP contribution >= 0.6 is 0 Å². The van der Waals surface area contributed by atoms with Gasteiger partial charge in [0, 0.05) is 11.6 Å². The van der Waals surface area contributed by atoms with Crippen molar-refractivity contribution in [2.45, 2.75) is 31.1 Å². The summed E-state index contributed by atoms with van der Waals surface area (Å²) in [7, 11) is -0.660. The van der Waals surface area contributed by atoms with E-state index in [9.17, 15) is 8.42 Å². The van der Waals surface area contributed by atoms with Gasteiger partial charge in [0.15, 0.2) is 0 Å². The highest BCUT2D eigenvalue weighted by Gasteiger charge is 2.17. The molecule has 0 heterocycles. The van der Waals surface area contributed by atoms with Gasteiger partial charge in [0.2, 0.25) is 0 Å². The first-order valence-corrected chi connectivity index (χ1v) is 9.53. The van der Waals surface area contributed by atoms with Gasteiger partial charge < -0.3 is 9.47 Å². The molecule has 0 fully saturated rings. The summed E-state index contributed by atoms with van der Waals surface area (Å²) < 4.78 is 35.1. The zero-order valence-electron chi connectivity index (χ0n) is 15.6. The molecule has 0 bridgehead atoms. The number of hydrogen-bond donors (Lipinski definition) is 1. The zero-order valence-corrected chi connectivity index (χ0v) is 16.4. The molecule has 0 radical (unpaired) electrons. The molecule has 0 unspecified atom stereocenters. The molecule has 7 heteroatoms. The monoisotopic (exact) mass is 376 g/mol. The van der Waals surface area contributed by atoms with Crippen molar-refractivity contribution in [2.24, 2.45) is 5.10 Å². The third kappa shape index (κ3) is 4.76. The van der Waals surface area contributed by atoms with Crippen molar-refractivity contribution in [3.63, 3.8) is 0 Å². The second-order valence-corrected chi connectivity index (χ2v) is 8.40. The Balaban J connectivity index is 2.16. The first kappa shape index (κ1) is 19.8. The molecule has 0 saturated carbocycles. The van der Waals surface area contributed by atoms with Crippen molar-refractivity contribution < 1.29 is 17.9 Å². The number of nitrogens with one attached hydrogen (secondary N) is 1. The van der Waals surface area contributed by atoms with Crippen molar-refractivity contribution in [2.75, 3.05) is 14.2 Å². The van der Waals surface area contributed by atoms with Crippen LogP contribution in [0.4, 0.5) is 0 Å². The molecule has 0 aliphatic carbocycles. The molecule has 6 nitrogen and oxygen atoms in total. The van der Waals surface area contributed by atoms with Gasteiger partial charge in [-0.2, -0.15) is 13.5 Å². The van der Waals surface area contributed by atoms with Crippen molar-refractivity contribution in [1.29, 1.82) is 0 Å². The molecule has 0 aliphatic heterocycles. The SMILES string of the molecule is COc1ccc(/C=N\NS(=O)(=O)c2ccc(C(C)(C)C)cc2)c(OC)c1. The summed E-state index contributed by atoms with van der Waals surface area (Å²) in [5, 5.41) is 3.84. The molecule has 0 aliphatic rings. The molecular weight excluding hydrogens is 352 g/mol. The average molecular weight is 376 g/mol. The number of ether oxygens (including phenoxy) is 2. The molecule has 26 heavy (non-hydrogen) atoms. The quantitative estimate of drug-likeness (QED) is 0.620. The maximum Gasteiger partial charge on any atom is 0.276 e. The molecule has 0 saturated heterocycles. The Morgan fingerprint density at radius 1 is 1.00 bits per heavy atom. The van der Waals surface area contributed by atoms with E-state index in [1.54, 1.807) is 37.4 Å². The molecule has 0 spiro atoms. The van der Waals surface area contributed by atoms with Crippen LogP contribution in [0.15, 0.2) is 52.5 Å². The molecular formula is C19H24N2O4S. The Morgan fingerprint density at radius 3 is 2.19 bits per heavy atom. The molecule has 1 N–H and O–H groups in total. The van der Waals surface area contributed by atoms with Crippen molar-refractivity contribution >= 4 is 16.2 Å². The van der Waals surface area contributed by atoms with Crippen molar-refractivity contribution in [3.05, 3.63) is 53.6 Å². The molecule has 2 aromatic rings. The number of benzene rings is 2. The molecule has 140 valence electrons. The third-order valence-corrected chi connectivity index (χ3v) is 5.09. The minimum absolute atomic E-state index is 0.0429. The third-order valence-electron chi connectivity index (χ3n) is 3.85. The summed E-state index contributed by atoms with van der Waals surface area (Å²) in [6.45, 7) is 6.21. The maximum absolute atomic E-state index is 12.4. The summed E-state index contributed by atoms with van der Waals surface area (Å²) >= 11 is 0. The second kappa shape index (κ2) is 7.78. The van der Waals surface area contributed by atoms with Gasteiger partial charge in [-0.05, 0) is 35.2 Å². The first-order chi connectivity index (χ1) is 12.2. The molecule has 2 rings (SSSR count). The fourth-order valence-electron chi connectivity index (χ4n) is 2.28. The number of methoxy groups -OCH3 is 2. The van der Waals surface area contributed by atoms with Crippen LogP contribution in [0.3, 0.4) is 0 Å². The average Bonchev–Trinajstić information content (AvgIpc) is 2.61. The lowest BCUT2D eigenvalue weighted by molar-refractivity contribution is 0.394. The van der Waals surface area contributed by atoms with Crippen LogP contribution < -0.4 is 14.3 Å². The van der Waals surface area contributed by atoms with Crippen LogP contribution in [0, 0.1) is 0 Å². The molecule has 0 aromatic heterocycles. The highest BCUT2D eigenvalue weighted by atomic mass is 32.2. The van der Waals surface area contributed by atoms with Gasteiger partial charge in [-0.25, -0.2) is 4.83 Å². The van der Waals surface area contributed by atoms with Gasteiger partial charge in [-0.15, -0.1) is 0 Å². The highest BCUT2D eigenvalue weighted by Crippen LogP contribution is 2.24. The fraction of sp³-hybridized carbons (Fsp3) is 0.316. The lowest BCUT2D eigenvalue weighted by Gasteiger charge is -2.19. The van der Waals surface area contributed by atoms with E-state index in [1.165, 1.54) is 13.3 Å². The van der Waals surface area contributed by atoms with E-state index < -0.39 is 10.0 Å². The normalized spacial score (nSPS) is 12.2. The number of sulfonamides is 1. The topological polar surface area (TPSA) is 77.0 Å². The Bertz CT molecular complexity index is 883. The van der Waals surface area contributed by atoms with E-state index in [4.69, 9.17) is 9.47 Å². The number of rotatable bonds is 6. The van der Waals surface area contributed by atoms with Crippen LogP contribution in [0.5, 0.6) is 11.5 Å². The lowest BCUT2D eigenvalue weighted by Crippen LogP contribution is -2.19. The summed E-state index contributed by atoms with van der Waals surface area (Å²) in [6.07, 6.45) is 1.39. The Morgan fingerprint density at radius 2 is 1.65 bits per heavy atom. The van der Waals surface area contributed by atoms with Gasteiger partial charge in [0.05, 0.1) is 25.3 Å². The second-order valence-electron chi connectivity index (χ2n) is 6.74. The van der Waals surface area contributed by atoms with E-state index in [2.05, 4.69) is 30.7 Å². The highest BCUT2D eigenvalue weighted by molar-refractivity contribution is 7.89. The number of hydrogen-bond acceptors (Lipinski definition) is 5. The lowest BCUT2D eigenvalue weighted by atomic mass is 9.87. The van der Waals surface area contributed by atoms with Crippen molar-refractivity contribution in [3.8, 4) is 11.5 Å². The van der Waals surface area contributed by atoms with E-state index in [-0.39, 0.29) is 10.3 Å². The van der Waals surface area contributed by atoms with Gasteiger partial charge >= 0.3 is 0 Å². The predicted molar refractivity (Wildman–Crippen MR) is 103 cm³/mol. The summed E-state index contributed by atoms with van der Waals surface area (Å²) in [5.74, 6) is 1.17. The summed E-state index contributed by atoms with van der Waals surface area (Å²) in [4.78, 5) is 2.37. The first-order valence-electron chi connectivity index (χ1n) is 8.05. The van der Waals surface area contributed by atoms with Crippen LogP contribution in [0.25, 0.3) is 0 Å². The van der Waals surface area contributed by atoms with Crippen LogP contribution in [0.2, 0.25) is 0 Å². The zero-order chi connectivity index (χ0) is 19.4. The van der Waals surface area contributed by atoms with Crippen LogP contribution in [0.1, 0.15) is 31.9 Å². The van der Waals surface area contributed by atoms with E-state index >= 15 is 0 Å². The van der Waals surface area contributed by atoms with Gasteiger partial charge in [-0.1, -0.05) is 32.9 Å². The standard InChI is InChI=1S/C19H24N2O4S/c1-19(2,3)15-7-10-17(11-8-15)26(22,23)21-20-13-14-6-9-16(24-4)12-18(14)25-5/h6-13,21H,1-5H3/b20-13-. The maximum atomic E-state index is 12.4. The minimum Gasteiger partial charge on any atom is -0.497 e. The van der Waals surface area contributed by atoms with Gasteiger partial charge in [0.1, 0.15) is 11.5 Å². The largest absolute Gasteiger partial charge is 0.497 e. The minimum atomic E-state index is -3.74. The Labute approximate surface area is 154 Å². The fourth-order valence-corrected chi connectivity index (χ4v) is 3.07. The molecule has 0 amide bonds. The van der Waals surface area contributed by atoms with Crippen molar-refractivity contribution in [1.82, 2.24) is 4.83 Å². The smallest absolute Gasteiger partial charge is 0.276 e. The van der Waals surface area contributed by atoms with E-state index in [1.807, 2.05) is 12.1 Å².